The van der Waals surface area contributed by atoms with Crippen LogP contribution < -0.4 is 14.4 Å². The second kappa shape index (κ2) is 12.1. The molecule has 1 fully saturated rings. The van der Waals surface area contributed by atoms with Crippen molar-refractivity contribution in [3.63, 3.8) is 0 Å². The van der Waals surface area contributed by atoms with Crippen LogP contribution in [0.5, 0.6) is 5.75 Å². The molecular weight excluding hydrogens is 509 g/mol. The van der Waals surface area contributed by atoms with E-state index in [0.717, 1.165) is 34.0 Å². The van der Waals surface area contributed by atoms with Crippen molar-refractivity contribution in [1.29, 1.82) is 0 Å². The number of carbonyl (C=O) groups is 2. The molecule has 3 aromatic carbocycles. The number of ether oxygens (including phenoxy) is 1. The van der Waals surface area contributed by atoms with E-state index in [1.54, 1.807) is 17.0 Å². The predicted octanol–water partition coefficient (Wildman–Crippen LogP) is 3.86. The minimum absolute atomic E-state index is 0.0290. The Morgan fingerprint density at radius 1 is 1.03 bits per heavy atom. The van der Waals surface area contributed by atoms with Gasteiger partial charge in [-0.05, 0) is 73.0 Å². The first-order valence-electron chi connectivity index (χ1n) is 12.4. The molecule has 1 aliphatic rings. The number of benzene rings is 3. The van der Waals surface area contributed by atoms with E-state index >= 15 is 0 Å². The van der Waals surface area contributed by atoms with E-state index in [1.807, 2.05) is 31.2 Å². The first-order chi connectivity index (χ1) is 18.3. The number of nitrogens with one attached hydrogen (secondary N) is 1. The second-order valence-corrected chi connectivity index (χ2v) is 10.7. The van der Waals surface area contributed by atoms with Crippen molar-refractivity contribution < 1.29 is 27.1 Å². The van der Waals surface area contributed by atoms with Crippen LogP contribution in [0.2, 0.25) is 0 Å². The number of likely N-dealkylation sites (tertiary alicyclic amines) is 1. The van der Waals surface area contributed by atoms with Crippen molar-refractivity contribution in [2.45, 2.75) is 37.8 Å². The molecule has 1 saturated heterocycles. The Morgan fingerprint density at radius 2 is 1.71 bits per heavy atom. The molecule has 200 valence electrons. The molecular formula is C28H30FN3O5S. The van der Waals surface area contributed by atoms with Crippen molar-refractivity contribution in [3.8, 4) is 5.75 Å². The van der Waals surface area contributed by atoms with Gasteiger partial charge in [-0.3, -0.25) is 13.9 Å². The van der Waals surface area contributed by atoms with Crippen LogP contribution in [0.4, 0.5) is 10.1 Å². The SMILES string of the molecule is CCOc1ccc(S(=O)(=O)N(CC(=O)NCc2ccccc2CN2CCCC2=O)c2ccc(F)cc2)cc1. The van der Waals surface area contributed by atoms with Crippen LogP contribution in [0, 0.1) is 5.82 Å². The standard InChI is InChI=1S/C28H30FN3O5S/c1-2-37-25-13-15-26(16-14-25)38(35,36)32(24-11-9-23(29)10-12-24)20-27(33)30-18-21-6-3-4-7-22(21)19-31-17-5-8-28(31)34/h3-4,6-7,9-16H,2,5,8,17-20H2,1H3,(H,30,33). The number of hydrogen-bond donors (Lipinski definition) is 1. The summed E-state index contributed by atoms with van der Waals surface area (Å²) in [5.41, 5.74) is 1.91. The number of rotatable bonds is 11. The highest BCUT2D eigenvalue weighted by Crippen LogP contribution is 2.25. The lowest BCUT2D eigenvalue weighted by molar-refractivity contribution is -0.128. The zero-order chi connectivity index (χ0) is 27.1. The van der Waals surface area contributed by atoms with Crippen LogP contribution >= 0.6 is 0 Å². The van der Waals surface area contributed by atoms with Gasteiger partial charge in [-0.1, -0.05) is 24.3 Å². The molecule has 4 rings (SSSR count). The van der Waals surface area contributed by atoms with E-state index in [-0.39, 0.29) is 23.0 Å². The summed E-state index contributed by atoms with van der Waals surface area (Å²) in [5, 5.41) is 2.79. The zero-order valence-corrected chi connectivity index (χ0v) is 21.9. The summed E-state index contributed by atoms with van der Waals surface area (Å²) >= 11 is 0. The number of carbonyl (C=O) groups excluding carboxylic acids is 2. The maximum atomic E-state index is 13.6. The summed E-state index contributed by atoms with van der Waals surface area (Å²) < 4.78 is 47.0. The van der Waals surface area contributed by atoms with E-state index in [9.17, 15) is 22.4 Å². The molecule has 2 amide bonds. The van der Waals surface area contributed by atoms with Gasteiger partial charge in [-0.2, -0.15) is 0 Å². The number of hydrogen-bond acceptors (Lipinski definition) is 5. The highest BCUT2D eigenvalue weighted by atomic mass is 32.2. The van der Waals surface area contributed by atoms with E-state index < -0.39 is 28.3 Å². The Kier molecular flexibility index (Phi) is 8.62. The lowest BCUT2D eigenvalue weighted by Crippen LogP contribution is -2.40. The highest BCUT2D eigenvalue weighted by Gasteiger charge is 2.27. The molecule has 0 unspecified atom stereocenters. The number of amides is 2. The van der Waals surface area contributed by atoms with Gasteiger partial charge in [-0.25, -0.2) is 12.8 Å². The molecule has 0 bridgehead atoms. The molecule has 1 aliphatic heterocycles. The van der Waals surface area contributed by atoms with E-state index in [0.29, 0.717) is 31.9 Å². The number of anilines is 1. The first kappa shape index (κ1) is 27.1. The summed E-state index contributed by atoms with van der Waals surface area (Å²) in [4.78, 5) is 26.8. The van der Waals surface area contributed by atoms with Gasteiger partial charge in [0.2, 0.25) is 11.8 Å². The molecule has 0 radical (unpaired) electrons. The number of nitrogens with zero attached hydrogens (tertiary/aromatic N) is 2. The molecule has 1 N–H and O–H groups in total. The fourth-order valence-corrected chi connectivity index (χ4v) is 5.69. The van der Waals surface area contributed by atoms with Gasteiger partial charge in [0.05, 0.1) is 17.2 Å². The Hall–Kier alpha value is -3.92. The molecule has 3 aromatic rings. The largest absolute Gasteiger partial charge is 0.494 e. The summed E-state index contributed by atoms with van der Waals surface area (Å²) in [6, 6.07) is 18.3. The van der Waals surface area contributed by atoms with Gasteiger partial charge < -0.3 is 15.0 Å². The monoisotopic (exact) mass is 539 g/mol. The van der Waals surface area contributed by atoms with Crippen molar-refractivity contribution in [2.75, 3.05) is 24.0 Å². The van der Waals surface area contributed by atoms with E-state index in [2.05, 4.69) is 5.32 Å². The lowest BCUT2D eigenvalue weighted by Gasteiger charge is -2.24. The molecule has 0 aromatic heterocycles. The summed E-state index contributed by atoms with van der Waals surface area (Å²) in [7, 11) is -4.16. The fourth-order valence-electron chi connectivity index (χ4n) is 4.27. The topological polar surface area (TPSA) is 96.0 Å². The van der Waals surface area contributed by atoms with E-state index in [1.165, 1.54) is 24.3 Å². The average Bonchev–Trinajstić information content (AvgIpc) is 3.32. The van der Waals surface area contributed by atoms with Crippen molar-refractivity contribution in [1.82, 2.24) is 10.2 Å². The Labute approximate surface area is 222 Å². The Balaban J connectivity index is 1.51. The third-order valence-electron chi connectivity index (χ3n) is 6.25. The fraction of sp³-hybridized carbons (Fsp3) is 0.286. The summed E-state index contributed by atoms with van der Waals surface area (Å²) in [6.07, 6.45) is 1.38. The van der Waals surface area contributed by atoms with Crippen LogP contribution in [-0.4, -0.2) is 44.8 Å². The van der Waals surface area contributed by atoms with Crippen molar-refractivity contribution >= 4 is 27.5 Å². The molecule has 10 heteroatoms. The van der Waals surface area contributed by atoms with Crippen LogP contribution in [0.1, 0.15) is 30.9 Å². The molecule has 38 heavy (non-hydrogen) atoms. The van der Waals surface area contributed by atoms with Crippen LogP contribution in [0.3, 0.4) is 0 Å². The third-order valence-corrected chi connectivity index (χ3v) is 8.04. The molecule has 0 spiro atoms. The molecule has 0 atom stereocenters. The van der Waals surface area contributed by atoms with Crippen molar-refractivity contribution in [2.24, 2.45) is 0 Å². The first-order valence-corrected chi connectivity index (χ1v) is 13.8. The van der Waals surface area contributed by atoms with Gasteiger partial charge in [0.25, 0.3) is 10.0 Å². The predicted molar refractivity (Wildman–Crippen MR) is 141 cm³/mol. The van der Waals surface area contributed by atoms with Gasteiger partial charge in [0.15, 0.2) is 0 Å². The van der Waals surface area contributed by atoms with Gasteiger partial charge in [0.1, 0.15) is 18.1 Å². The highest BCUT2D eigenvalue weighted by molar-refractivity contribution is 7.92. The summed E-state index contributed by atoms with van der Waals surface area (Å²) in [5.74, 6) is -0.425. The second-order valence-electron chi connectivity index (χ2n) is 8.86. The van der Waals surface area contributed by atoms with Crippen LogP contribution in [0.15, 0.2) is 77.7 Å². The number of sulfonamides is 1. The zero-order valence-electron chi connectivity index (χ0n) is 21.1. The van der Waals surface area contributed by atoms with Gasteiger partial charge in [-0.15, -0.1) is 0 Å². The normalized spacial score (nSPS) is 13.4. The number of halogens is 1. The maximum absolute atomic E-state index is 13.6. The van der Waals surface area contributed by atoms with Crippen LogP contribution in [-0.2, 0) is 32.7 Å². The van der Waals surface area contributed by atoms with Crippen LogP contribution in [0.25, 0.3) is 0 Å². The Bertz CT molecular complexity index is 1380. The Morgan fingerprint density at radius 3 is 2.34 bits per heavy atom. The summed E-state index contributed by atoms with van der Waals surface area (Å²) in [6.45, 7) is 3.08. The molecule has 8 nitrogen and oxygen atoms in total. The minimum Gasteiger partial charge on any atom is -0.494 e. The minimum atomic E-state index is -4.16. The molecule has 0 aliphatic carbocycles. The maximum Gasteiger partial charge on any atom is 0.264 e. The molecule has 0 saturated carbocycles. The molecule has 1 heterocycles. The lowest BCUT2D eigenvalue weighted by atomic mass is 10.1. The van der Waals surface area contributed by atoms with E-state index in [4.69, 9.17) is 4.74 Å². The average molecular weight is 540 g/mol. The van der Waals surface area contributed by atoms with Crippen molar-refractivity contribution in [3.05, 3.63) is 89.7 Å². The van der Waals surface area contributed by atoms with Gasteiger partial charge in [0, 0.05) is 26.1 Å². The smallest absolute Gasteiger partial charge is 0.264 e. The third kappa shape index (κ3) is 6.49. The van der Waals surface area contributed by atoms with Gasteiger partial charge >= 0.3 is 0 Å². The quantitative estimate of drug-likeness (QED) is 0.399.